The molecule has 80 valence electrons. The maximum Gasteiger partial charge on any atom is 0.230 e. The van der Waals surface area contributed by atoms with Crippen molar-refractivity contribution >= 4 is 21.6 Å². The van der Waals surface area contributed by atoms with Gasteiger partial charge in [0.1, 0.15) is 4.60 Å². The van der Waals surface area contributed by atoms with Crippen LogP contribution in [0.25, 0.3) is 5.65 Å². The van der Waals surface area contributed by atoms with Gasteiger partial charge in [0.25, 0.3) is 0 Å². The van der Waals surface area contributed by atoms with Crippen LogP contribution in [0.1, 0.15) is 18.7 Å². The molecule has 0 aliphatic rings. The van der Waals surface area contributed by atoms with Crippen LogP contribution in [0.5, 0.6) is 5.88 Å². The summed E-state index contributed by atoms with van der Waals surface area (Å²) < 4.78 is 7.73. The van der Waals surface area contributed by atoms with Crippen LogP contribution in [-0.2, 0) is 0 Å². The van der Waals surface area contributed by atoms with Crippen molar-refractivity contribution in [1.82, 2.24) is 14.4 Å². The molecule has 5 nitrogen and oxygen atoms in total. The molecule has 0 aromatic carbocycles. The quantitative estimate of drug-likeness (QED) is 0.899. The van der Waals surface area contributed by atoms with E-state index in [1.807, 2.05) is 11.3 Å². The zero-order valence-electron chi connectivity index (χ0n) is 8.44. The molecule has 0 saturated carbocycles. The lowest BCUT2D eigenvalue weighted by Crippen LogP contribution is -2.05. The fraction of sp³-hybridized carbons (Fsp3) is 0.333. The van der Waals surface area contributed by atoms with Crippen molar-refractivity contribution in [2.45, 2.75) is 13.0 Å². The molecule has 0 aliphatic heterocycles. The summed E-state index contributed by atoms with van der Waals surface area (Å²) in [7, 11) is 1.57. The Morgan fingerprint density at radius 3 is 2.93 bits per heavy atom. The molecule has 0 fully saturated rings. The van der Waals surface area contributed by atoms with Crippen LogP contribution in [0.4, 0.5) is 0 Å². The van der Waals surface area contributed by atoms with Gasteiger partial charge in [0, 0.05) is 6.04 Å². The monoisotopic (exact) mass is 270 g/mol. The van der Waals surface area contributed by atoms with Gasteiger partial charge in [-0.25, -0.2) is 9.97 Å². The summed E-state index contributed by atoms with van der Waals surface area (Å²) in [6.45, 7) is 1.89. The number of hydrogen-bond donors (Lipinski definition) is 1. The normalized spacial score (nSPS) is 13.1. The van der Waals surface area contributed by atoms with Crippen LogP contribution in [0.2, 0.25) is 0 Å². The Morgan fingerprint density at radius 2 is 2.33 bits per heavy atom. The van der Waals surface area contributed by atoms with Crippen molar-refractivity contribution in [2.75, 3.05) is 7.11 Å². The minimum atomic E-state index is -0.120. The summed E-state index contributed by atoms with van der Waals surface area (Å²) in [5, 5.41) is 0. The lowest BCUT2D eigenvalue weighted by molar-refractivity contribution is 0.395. The highest BCUT2D eigenvalue weighted by Gasteiger charge is 2.13. The Morgan fingerprint density at radius 1 is 1.60 bits per heavy atom. The number of rotatable bonds is 2. The minimum absolute atomic E-state index is 0.120. The first kappa shape index (κ1) is 10.4. The van der Waals surface area contributed by atoms with Crippen molar-refractivity contribution < 1.29 is 4.74 Å². The van der Waals surface area contributed by atoms with Gasteiger partial charge in [-0.1, -0.05) is 0 Å². The highest BCUT2D eigenvalue weighted by molar-refractivity contribution is 9.10. The average Bonchev–Trinajstić information content (AvgIpc) is 2.56. The number of nitrogens with zero attached hydrogens (tertiary/aromatic N) is 3. The van der Waals surface area contributed by atoms with Crippen LogP contribution >= 0.6 is 15.9 Å². The third-order valence-electron chi connectivity index (χ3n) is 2.09. The van der Waals surface area contributed by atoms with E-state index in [4.69, 9.17) is 10.5 Å². The smallest absolute Gasteiger partial charge is 0.230 e. The topological polar surface area (TPSA) is 65.4 Å². The number of fused-ring (bicyclic) bond motifs is 1. The lowest BCUT2D eigenvalue weighted by atomic mass is 10.3. The largest absolute Gasteiger partial charge is 0.480 e. The number of halogens is 1. The highest BCUT2D eigenvalue weighted by Crippen LogP contribution is 2.23. The second-order valence-electron chi connectivity index (χ2n) is 3.23. The van der Waals surface area contributed by atoms with E-state index in [1.54, 1.807) is 19.5 Å². The van der Waals surface area contributed by atoms with E-state index in [9.17, 15) is 0 Å². The van der Waals surface area contributed by atoms with Crippen LogP contribution in [0, 0.1) is 0 Å². The van der Waals surface area contributed by atoms with Gasteiger partial charge in [-0.2, -0.15) is 0 Å². The second-order valence-corrected chi connectivity index (χ2v) is 3.99. The zero-order chi connectivity index (χ0) is 11.0. The summed E-state index contributed by atoms with van der Waals surface area (Å²) >= 11 is 3.45. The van der Waals surface area contributed by atoms with E-state index >= 15 is 0 Å². The van der Waals surface area contributed by atoms with Gasteiger partial charge < -0.3 is 10.5 Å². The van der Waals surface area contributed by atoms with Crippen LogP contribution < -0.4 is 10.5 Å². The molecular formula is C9H11BrN4O. The molecule has 2 aromatic rings. The summed E-state index contributed by atoms with van der Waals surface area (Å²) in [6, 6.07) is -0.120. The predicted octanol–water partition coefficient (Wildman–Crippen LogP) is 1.52. The Bertz CT molecular complexity index is 494. The van der Waals surface area contributed by atoms with Crippen LogP contribution in [0.3, 0.4) is 0 Å². The van der Waals surface area contributed by atoms with Crippen molar-refractivity contribution in [3.05, 3.63) is 22.7 Å². The summed E-state index contributed by atoms with van der Waals surface area (Å²) in [5.74, 6) is 0.539. The molecule has 0 saturated heterocycles. The number of imidazole rings is 1. The fourth-order valence-electron chi connectivity index (χ4n) is 1.32. The Balaban J connectivity index is 2.66. The first-order valence-corrected chi connectivity index (χ1v) is 5.26. The second kappa shape index (κ2) is 3.79. The van der Waals surface area contributed by atoms with Gasteiger partial charge in [-0.05, 0) is 22.9 Å². The Labute approximate surface area is 95.4 Å². The fourth-order valence-corrected chi connectivity index (χ4v) is 2.06. The molecule has 0 amide bonds. The van der Waals surface area contributed by atoms with Crippen LogP contribution in [-0.4, -0.2) is 21.5 Å². The standard InChI is InChI=1S/C9H11BrN4O/c1-5(11)8-9(10)14-4-7(15-2)12-3-6(14)13-8/h3-5H,11H2,1-2H3. The molecule has 2 heterocycles. The molecule has 0 aliphatic carbocycles. The van der Waals surface area contributed by atoms with E-state index in [1.165, 1.54) is 0 Å². The molecule has 0 radical (unpaired) electrons. The number of aromatic nitrogens is 3. The lowest BCUT2D eigenvalue weighted by Gasteiger charge is -2.01. The SMILES string of the molecule is COc1cn2c(Br)c(C(C)N)nc2cn1. The third kappa shape index (κ3) is 1.70. The van der Waals surface area contributed by atoms with Crippen molar-refractivity contribution in [3.63, 3.8) is 0 Å². The van der Waals surface area contributed by atoms with E-state index in [0.717, 1.165) is 15.9 Å². The molecule has 2 rings (SSSR count). The maximum absolute atomic E-state index is 5.79. The zero-order valence-corrected chi connectivity index (χ0v) is 10.0. The molecule has 0 bridgehead atoms. The first-order valence-electron chi connectivity index (χ1n) is 4.46. The summed E-state index contributed by atoms with van der Waals surface area (Å²) in [4.78, 5) is 8.43. The van der Waals surface area contributed by atoms with Crippen molar-refractivity contribution in [2.24, 2.45) is 5.73 Å². The van der Waals surface area contributed by atoms with E-state index < -0.39 is 0 Å². The first-order chi connectivity index (χ1) is 7.13. The third-order valence-corrected chi connectivity index (χ3v) is 2.88. The Kier molecular flexibility index (Phi) is 2.62. The summed E-state index contributed by atoms with van der Waals surface area (Å²) in [5.41, 5.74) is 7.35. The van der Waals surface area contributed by atoms with Gasteiger partial charge in [-0.3, -0.25) is 4.40 Å². The van der Waals surface area contributed by atoms with Gasteiger partial charge in [0.05, 0.1) is 25.2 Å². The summed E-state index contributed by atoms with van der Waals surface area (Å²) in [6.07, 6.45) is 3.41. The number of nitrogens with two attached hydrogens (primary N) is 1. The average molecular weight is 271 g/mol. The van der Waals surface area contributed by atoms with Crippen molar-refractivity contribution in [1.29, 1.82) is 0 Å². The molecule has 1 atom stereocenters. The molecule has 2 N–H and O–H groups in total. The minimum Gasteiger partial charge on any atom is -0.480 e. The van der Waals surface area contributed by atoms with Crippen molar-refractivity contribution in [3.8, 4) is 5.88 Å². The van der Waals surface area contributed by atoms with E-state index in [0.29, 0.717) is 5.88 Å². The number of hydrogen-bond acceptors (Lipinski definition) is 4. The highest BCUT2D eigenvalue weighted by atomic mass is 79.9. The van der Waals surface area contributed by atoms with Crippen LogP contribution in [0.15, 0.2) is 17.0 Å². The molecule has 2 aromatic heterocycles. The van der Waals surface area contributed by atoms with Gasteiger partial charge in [-0.15, -0.1) is 0 Å². The molecule has 1 unspecified atom stereocenters. The molecule has 6 heteroatoms. The number of methoxy groups -OCH3 is 1. The van der Waals surface area contributed by atoms with Gasteiger partial charge in [0.2, 0.25) is 5.88 Å². The van der Waals surface area contributed by atoms with E-state index in [-0.39, 0.29) is 6.04 Å². The van der Waals surface area contributed by atoms with Gasteiger partial charge >= 0.3 is 0 Å². The maximum atomic E-state index is 5.79. The molecule has 0 spiro atoms. The molecular weight excluding hydrogens is 260 g/mol. The Hall–Kier alpha value is -1.14. The van der Waals surface area contributed by atoms with Gasteiger partial charge in [0.15, 0.2) is 5.65 Å². The predicted molar refractivity (Wildman–Crippen MR) is 59.8 cm³/mol. The molecule has 15 heavy (non-hydrogen) atoms. The number of ether oxygens (including phenoxy) is 1. The van der Waals surface area contributed by atoms with E-state index in [2.05, 4.69) is 25.9 Å².